The van der Waals surface area contributed by atoms with E-state index in [1.54, 1.807) is 36.4 Å². The molecule has 3 atom stereocenters. The third-order valence-corrected chi connectivity index (χ3v) is 10.2. The van der Waals surface area contributed by atoms with Gasteiger partial charge in [0.1, 0.15) is 22.0 Å². The van der Waals surface area contributed by atoms with Gasteiger partial charge in [-0.1, -0.05) is 41.4 Å². The lowest BCUT2D eigenvalue weighted by Gasteiger charge is -2.44. The topological polar surface area (TPSA) is 124 Å². The van der Waals surface area contributed by atoms with E-state index in [2.05, 4.69) is 10.2 Å². The number of ether oxygens (including phenoxy) is 3. The smallest absolute Gasteiger partial charge is 0.335 e. The van der Waals surface area contributed by atoms with Gasteiger partial charge in [-0.3, -0.25) is 4.90 Å². The van der Waals surface area contributed by atoms with Crippen LogP contribution in [-0.4, -0.2) is 61.9 Å². The van der Waals surface area contributed by atoms with Crippen molar-refractivity contribution in [3.05, 3.63) is 122 Å². The van der Waals surface area contributed by atoms with Crippen LogP contribution < -0.4 is 19.5 Å². The first kappa shape index (κ1) is 35.3. The van der Waals surface area contributed by atoms with E-state index >= 15 is 0 Å². The number of piperidine rings is 3. The number of halogens is 3. The highest BCUT2D eigenvalue weighted by Crippen LogP contribution is 2.40. The zero-order valence-electron chi connectivity index (χ0n) is 27.4. The van der Waals surface area contributed by atoms with Gasteiger partial charge in [-0.05, 0) is 97.4 Å². The zero-order valence-corrected chi connectivity index (χ0v) is 28.9. The number of hydrogen-bond donors (Lipinski definition) is 2. The van der Waals surface area contributed by atoms with Gasteiger partial charge in [0.2, 0.25) is 0 Å². The third-order valence-electron chi connectivity index (χ3n) is 9.53. The lowest BCUT2D eigenvalue weighted by Crippen LogP contribution is -2.52. The van der Waals surface area contributed by atoms with Crippen molar-refractivity contribution in [2.75, 3.05) is 39.2 Å². The number of aromatic nitrogens is 1. The van der Waals surface area contributed by atoms with Crippen LogP contribution in [0.15, 0.2) is 73.1 Å². The summed E-state index contributed by atoms with van der Waals surface area (Å²) in [6, 6.07) is 14.5. The minimum atomic E-state index is -1.19. The summed E-state index contributed by atoms with van der Waals surface area (Å²) in [5.74, 6) is -1.85. The predicted molar refractivity (Wildman–Crippen MR) is 186 cm³/mol. The lowest BCUT2D eigenvalue weighted by atomic mass is 9.83. The van der Waals surface area contributed by atoms with Crippen molar-refractivity contribution in [1.29, 1.82) is 0 Å². The second-order valence-electron chi connectivity index (χ2n) is 12.5. The molecule has 1 aromatic heterocycles. The molecule has 4 aromatic rings. The van der Waals surface area contributed by atoms with Gasteiger partial charge in [-0.2, -0.15) is 4.73 Å². The van der Waals surface area contributed by atoms with Crippen LogP contribution in [-0.2, 0) is 16.0 Å². The van der Waals surface area contributed by atoms with E-state index < -0.39 is 29.7 Å². The van der Waals surface area contributed by atoms with Gasteiger partial charge in [0, 0.05) is 23.7 Å². The van der Waals surface area contributed by atoms with E-state index in [4.69, 9.17) is 37.4 Å². The molecule has 3 fully saturated rings. The summed E-state index contributed by atoms with van der Waals surface area (Å²) in [6.45, 7) is 2.59. The minimum Gasteiger partial charge on any atom is -0.619 e. The Bertz CT molecular complexity index is 1880. The number of nitrogens with zero attached hydrogens (tertiary/aromatic N) is 2. The molecule has 0 radical (unpaired) electrons. The Morgan fingerprint density at radius 1 is 1.00 bits per heavy atom. The molecular formula is C37H36Cl2FN3O7. The maximum absolute atomic E-state index is 14.5. The van der Waals surface area contributed by atoms with Crippen molar-refractivity contribution >= 4 is 40.8 Å². The predicted octanol–water partition coefficient (Wildman–Crippen LogP) is 6.65. The van der Waals surface area contributed by atoms with Crippen LogP contribution in [0, 0.1) is 16.9 Å². The summed E-state index contributed by atoms with van der Waals surface area (Å²) in [6.07, 6.45) is 4.04. The van der Waals surface area contributed by atoms with Crippen molar-refractivity contribution in [1.82, 2.24) is 4.90 Å². The first-order chi connectivity index (χ1) is 24.0. The van der Waals surface area contributed by atoms with Crippen LogP contribution >= 0.6 is 23.2 Å². The quantitative estimate of drug-likeness (QED) is 0.0940. The number of carbonyl (C=O) groups excluding carboxylic acids is 1. The molecule has 4 heterocycles. The number of benzene rings is 3. The minimum absolute atomic E-state index is 0.0189. The molecule has 262 valence electrons. The molecule has 13 heteroatoms. The monoisotopic (exact) mass is 723 g/mol. The van der Waals surface area contributed by atoms with Gasteiger partial charge in [-0.15, -0.1) is 0 Å². The summed E-state index contributed by atoms with van der Waals surface area (Å²) in [4.78, 5) is 28.9. The van der Waals surface area contributed by atoms with Crippen molar-refractivity contribution < 1.29 is 38.0 Å². The number of methoxy groups -OCH3 is 2. The van der Waals surface area contributed by atoms with Gasteiger partial charge in [0.25, 0.3) is 0 Å². The van der Waals surface area contributed by atoms with Crippen LogP contribution in [0.3, 0.4) is 0 Å². The number of anilines is 1. The number of nitrogens with one attached hydrogen (secondary N) is 1. The van der Waals surface area contributed by atoms with Crippen LogP contribution in [0.4, 0.5) is 10.1 Å². The van der Waals surface area contributed by atoms with Gasteiger partial charge >= 0.3 is 11.9 Å². The molecule has 1 unspecified atom stereocenters. The number of hydrogen-bond acceptors (Lipinski definition) is 8. The van der Waals surface area contributed by atoms with Crippen molar-refractivity contribution in [3.63, 3.8) is 0 Å². The molecular weight excluding hydrogens is 688 g/mol. The number of carboxylic acid groups (broad SMARTS) is 1. The molecule has 2 N–H and O–H groups in total. The molecule has 3 aliphatic heterocycles. The molecule has 7 rings (SSSR count). The number of fused-ring (bicyclic) bond motifs is 3. The Labute approximate surface area is 298 Å². The van der Waals surface area contributed by atoms with Crippen molar-refractivity contribution in [3.8, 4) is 11.5 Å². The number of rotatable bonds is 12. The van der Waals surface area contributed by atoms with Crippen LogP contribution in [0.2, 0.25) is 10.0 Å². The molecule has 0 amide bonds. The van der Waals surface area contributed by atoms with Crippen molar-refractivity contribution in [2.45, 2.75) is 37.3 Å². The number of carboxylic acids is 1. The second-order valence-corrected chi connectivity index (χ2v) is 13.3. The van der Waals surface area contributed by atoms with Crippen molar-refractivity contribution in [2.24, 2.45) is 5.92 Å². The average molecular weight is 725 g/mol. The van der Waals surface area contributed by atoms with Gasteiger partial charge in [-0.25, -0.2) is 14.0 Å². The molecule has 3 saturated heterocycles. The molecule has 0 saturated carbocycles. The number of pyridine rings is 1. The normalized spacial score (nSPS) is 19.3. The standard InChI is InChI=1S/C37H36Cl2FN3O7/c1-48-32-9-6-22(15-33(32)49-2)27(17-29-30(38)18-43(47)19-31(29)39)28-16-25(7-8-26(28)36(44)45)41-35(23-4-3-5-24(40)14-23)37(46)50-34-20-42-12-10-21(34)11-13-42/h3-9,14-16,18-19,21,27,34-35,41H,10-13,17,20H2,1-2H3,(H,44,45)/t27-,34-,35?/m0/s1. The Morgan fingerprint density at radius 2 is 1.72 bits per heavy atom. The van der Waals surface area contributed by atoms with Gasteiger partial charge in [0.15, 0.2) is 29.9 Å². The fraction of sp³-hybridized carbons (Fsp3) is 0.324. The highest BCUT2D eigenvalue weighted by Gasteiger charge is 2.38. The Morgan fingerprint density at radius 3 is 2.34 bits per heavy atom. The van der Waals surface area contributed by atoms with E-state index in [-0.39, 0.29) is 34.1 Å². The summed E-state index contributed by atoms with van der Waals surface area (Å²) >= 11 is 13.0. The fourth-order valence-corrected chi connectivity index (χ4v) is 7.53. The first-order valence-corrected chi connectivity index (χ1v) is 16.9. The maximum Gasteiger partial charge on any atom is 0.335 e. The number of esters is 1. The molecule has 10 nitrogen and oxygen atoms in total. The SMILES string of the molecule is COc1ccc([C@H](Cc2c(Cl)c[n+]([O-])cc2Cl)c2cc(NC(C(=O)O[C@H]3CN4CCC3CC4)c3cccc(F)c3)ccc2C(=O)O)cc1OC. The largest absolute Gasteiger partial charge is 0.619 e. The average Bonchev–Trinajstić information content (AvgIpc) is 3.10. The summed E-state index contributed by atoms with van der Waals surface area (Å²) in [5.41, 5.74) is 2.13. The molecule has 2 bridgehead atoms. The Kier molecular flexibility index (Phi) is 10.7. The zero-order chi connectivity index (χ0) is 35.5. The Balaban J connectivity index is 1.43. The molecule has 0 aliphatic carbocycles. The summed E-state index contributed by atoms with van der Waals surface area (Å²) in [7, 11) is 2.99. The van der Waals surface area contributed by atoms with E-state index in [9.17, 15) is 24.3 Å². The van der Waals surface area contributed by atoms with Gasteiger partial charge < -0.3 is 29.8 Å². The van der Waals surface area contributed by atoms with E-state index in [1.807, 2.05) is 0 Å². The molecule has 3 aromatic carbocycles. The summed E-state index contributed by atoms with van der Waals surface area (Å²) in [5, 5.41) is 25.9. The van der Waals surface area contributed by atoms with Gasteiger partial charge in [0.05, 0.1) is 19.8 Å². The van der Waals surface area contributed by atoms with Crippen LogP contribution in [0.5, 0.6) is 11.5 Å². The maximum atomic E-state index is 14.5. The number of aromatic carboxylic acids is 1. The second kappa shape index (κ2) is 15.1. The van der Waals surface area contributed by atoms with E-state index in [0.29, 0.717) is 50.7 Å². The molecule has 50 heavy (non-hydrogen) atoms. The lowest BCUT2D eigenvalue weighted by molar-refractivity contribution is -0.605. The van der Waals surface area contributed by atoms with E-state index in [0.717, 1.165) is 25.9 Å². The first-order valence-electron chi connectivity index (χ1n) is 16.1. The highest BCUT2D eigenvalue weighted by atomic mass is 35.5. The highest BCUT2D eigenvalue weighted by molar-refractivity contribution is 6.35. The molecule has 0 spiro atoms. The summed E-state index contributed by atoms with van der Waals surface area (Å²) < 4.78 is 32.1. The van der Waals surface area contributed by atoms with E-state index in [1.165, 1.54) is 50.9 Å². The molecule has 3 aliphatic rings. The van der Waals surface area contributed by atoms with Crippen LogP contribution in [0.25, 0.3) is 0 Å². The number of carbonyl (C=O) groups is 2. The third kappa shape index (κ3) is 7.60. The Hall–Kier alpha value is -4.58. The fourth-order valence-electron chi connectivity index (χ4n) is 6.93. The van der Waals surface area contributed by atoms with Crippen LogP contribution in [0.1, 0.15) is 57.4 Å².